The molecule has 0 aliphatic rings. The summed E-state index contributed by atoms with van der Waals surface area (Å²) < 4.78 is 22.5. The minimum Gasteiger partial charge on any atom is -0.456 e. The fraction of sp³-hybridized carbons (Fsp3) is 0.190. The van der Waals surface area contributed by atoms with Crippen molar-refractivity contribution in [2.75, 3.05) is 0 Å². The van der Waals surface area contributed by atoms with Crippen LogP contribution in [-0.2, 0) is 6.37 Å². The summed E-state index contributed by atoms with van der Waals surface area (Å²) in [6.45, 7) is 3.79. The third-order valence-corrected chi connectivity index (χ3v) is 3.89. The second-order valence-electron chi connectivity index (χ2n) is 6.04. The van der Waals surface area contributed by atoms with Crippen LogP contribution in [0, 0.1) is 5.92 Å². The van der Waals surface area contributed by atoms with Crippen LogP contribution in [0.15, 0.2) is 65.2 Å². The summed E-state index contributed by atoms with van der Waals surface area (Å²) in [6.07, 6.45) is 0.298. The molecule has 0 aliphatic heterocycles. The Balaban J connectivity index is 1.86. The molecular weight excluding hydrogens is 282 g/mol. The Labute approximate surface area is 138 Å². The summed E-state index contributed by atoms with van der Waals surface area (Å²) in [5.74, 6) is -0.108. The Kier molecular flexibility index (Phi) is 2.87. The van der Waals surface area contributed by atoms with E-state index in [1.165, 1.54) is 0 Å². The molecule has 0 unspecified atom stereocenters. The Morgan fingerprint density at radius 1 is 1.00 bits per heavy atom. The highest BCUT2D eigenvalue weighted by atomic mass is 16.3. The highest BCUT2D eigenvalue weighted by molar-refractivity contribution is 6.06. The lowest BCUT2D eigenvalue weighted by molar-refractivity contribution is 0.647. The van der Waals surface area contributed by atoms with Gasteiger partial charge in [-0.1, -0.05) is 32.0 Å². The predicted octanol–water partition coefficient (Wildman–Crippen LogP) is 5.85. The number of fused-ring (bicyclic) bond motifs is 3. The van der Waals surface area contributed by atoms with E-state index in [1.807, 2.05) is 56.3 Å². The number of hydrogen-bond donors (Lipinski definition) is 0. The van der Waals surface area contributed by atoms with Gasteiger partial charge in [-0.3, -0.25) is 4.98 Å². The van der Waals surface area contributed by atoms with Crippen LogP contribution < -0.4 is 0 Å². The van der Waals surface area contributed by atoms with Crippen LogP contribution in [0.3, 0.4) is 0 Å². The first-order chi connectivity index (χ1) is 12.0. The molecule has 23 heavy (non-hydrogen) atoms. The molecule has 2 aromatic heterocycles. The minimum atomic E-state index is -1.38. The van der Waals surface area contributed by atoms with Crippen molar-refractivity contribution in [2.45, 2.75) is 20.2 Å². The van der Waals surface area contributed by atoms with E-state index in [0.717, 1.165) is 33.2 Å². The molecule has 0 N–H and O–H groups in total. The molecule has 0 fully saturated rings. The number of benzene rings is 2. The van der Waals surface area contributed by atoms with Crippen LogP contribution in [0.4, 0.5) is 0 Å². The zero-order valence-electron chi connectivity index (χ0n) is 15.2. The maximum absolute atomic E-state index is 8.32. The number of nitrogens with zero attached hydrogens (tertiary/aromatic N) is 1. The van der Waals surface area contributed by atoms with Crippen molar-refractivity contribution in [3.63, 3.8) is 0 Å². The third-order valence-electron chi connectivity index (χ3n) is 3.89. The lowest BCUT2D eigenvalue weighted by Gasteiger charge is -2.07. The molecule has 0 atom stereocenters. The number of pyridine rings is 1. The van der Waals surface area contributed by atoms with Crippen molar-refractivity contribution in [2.24, 2.45) is 5.92 Å². The Hall–Kier alpha value is -2.61. The molecular formula is C21H19NO. The van der Waals surface area contributed by atoms with E-state index in [-0.39, 0.29) is 5.92 Å². The highest BCUT2D eigenvalue weighted by Gasteiger charge is 2.09. The predicted molar refractivity (Wildman–Crippen MR) is 95.5 cm³/mol. The SMILES string of the molecule is [2H]C([2H])(c1ccnc(-c2ccc3oc4ccccc4c3c2)c1)C(C)C. The first kappa shape index (κ1) is 11.9. The normalized spacial score (nSPS) is 13.5. The standard InChI is InChI=1S/C21H19NO/c1-14(2)11-15-9-10-22-19(12-15)16-7-8-21-18(13-16)17-5-3-4-6-20(17)23-21/h3-10,12-14H,11H2,1-2H3/i11D2. The summed E-state index contributed by atoms with van der Waals surface area (Å²) in [7, 11) is 0. The smallest absolute Gasteiger partial charge is 0.135 e. The van der Waals surface area contributed by atoms with Gasteiger partial charge in [0.1, 0.15) is 11.2 Å². The molecule has 0 aliphatic carbocycles. The average molecular weight is 303 g/mol. The van der Waals surface area contributed by atoms with Crippen molar-refractivity contribution in [3.05, 3.63) is 66.4 Å². The zero-order chi connectivity index (χ0) is 17.6. The number of furan rings is 1. The first-order valence-corrected chi connectivity index (χ1v) is 7.85. The molecule has 2 nitrogen and oxygen atoms in total. The molecule has 0 spiro atoms. The second kappa shape index (κ2) is 5.54. The number of para-hydroxylation sites is 1. The van der Waals surface area contributed by atoms with Crippen molar-refractivity contribution in [1.82, 2.24) is 4.98 Å². The zero-order valence-corrected chi connectivity index (χ0v) is 13.2. The van der Waals surface area contributed by atoms with E-state index in [9.17, 15) is 0 Å². The molecule has 114 valence electrons. The van der Waals surface area contributed by atoms with Gasteiger partial charge in [0.2, 0.25) is 0 Å². The molecule has 0 amide bonds. The van der Waals surface area contributed by atoms with Gasteiger partial charge < -0.3 is 4.42 Å². The number of rotatable bonds is 3. The van der Waals surface area contributed by atoms with Crippen LogP contribution >= 0.6 is 0 Å². The van der Waals surface area contributed by atoms with Gasteiger partial charge in [-0.25, -0.2) is 0 Å². The number of hydrogen-bond acceptors (Lipinski definition) is 2. The molecule has 2 heteroatoms. The van der Waals surface area contributed by atoms with Gasteiger partial charge in [-0.2, -0.15) is 0 Å². The van der Waals surface area contributed by atoms with E-state index in [1.54, 1.807) is 12.3 Å². The molecule has 2 heterocycles. The molecule has 0 saturated heterocycles. The van der Waals surface area contributed by atoms with Crippen LogP contribution in [0.1, 0.15) is 22.2 Å². The van der Waals surface area contributed by atoms with Gasteiger partial charge in [0.15, 0.2) is 0 Å². The van der Waals surface area contributed by atoms with Crippen molar-refractivity contribution in [3.8, 4) is 11.3 Å². The van der Waals surface area contributed by atoms with Gasteiger partial charge in [-0.15, -0.1) is 0 Å². The second-order valence-corrected chi connectivity index (χ2v) is 6.04. The molecule has 2 aromatic carbocycles. The maximum Gasteiger partial charge on any atom is 0.135 e. The van der Waals surface area contributed by atoms with Crippen molar-refractivity contribution in [1.29, 1.82) is 0 Å². The summed E-state index contributed by atoms with van der Waals surface area (Å²) in [6, 6.07) is 17.6. The molecule has 4 rings (SSSR count). The fourth-order valence-electron chi connectivity index (χ4n) is 2.90. The summed E-state index contributed by atoms with van der Waals surface area (Å²) in [5.41, 5.74) is 4.10. The summed E-state index contributed by atoms with van der Waals surface area (Å²) in [4.78, 5) is 4.46. The van der Waals surface area contributed by atoms with E-state index >= 15 is 0 Å². The van der Waals surface area contributed by atoms with Gasteiger partial charge in [0, 0.05) is 25.3 Å². The van der Waals surface area contributed by atoms with Crippen LogP contribution in [0.5, 0.6) is 0 Å². The van der Waals surface area contributed by atoms with Gasteiger partial charge in [0.25, 0.3) is 0 Å². The molecule has 0 radical (unpaired) electrons. The van der Waals surface area contributed by atoms with Crippen molar-refractivity contribution < 1.29 is 7.16 Å². The first-order valence-electron chi connectivity index (χ1n) is 8.85. The Morgan fingerprint density at radius 3 is 2.70 bits per heavy atom. The topological polar surface area (TPSA) is 26.0 Å². The monoisotopic (exact) mass is 303 g/mol. The minimum absolute atomic E-state index is 0.108. The number of aromatic nitrogens is 1. The molecule has 4 aromatic rings. The van der Waals surface area contributed by atoms with E-state index in [4.69, 9.17) is 7.16 Å². The maximum atomic E-state index is 8.32. The quantitative estimate of drug-likeness (QED) is 0.474. The average Bonchev–Trinajstić information content (AvgIpc) is 2.99. The van der Waals surface area contributed by atoms with E-state index in [0.29, 0.717) is 5.56 Å². The van der Waals surface area contributed by atoms with Gasteiger partial charge in [-0.05, 0) is 54.3 Å². The van der Waals surface area contributed by atoms with Crippen LogP contribution in [0.2, 0.25) is 0 Å². The summed E-state index contributed by atoms with van der Waals surface area (Å²) in [5, 5.41) is 2.13. The van der Waals surface area contributed by atoms with Crippen LogP contribution in [0.25, 0.3) is 33.2 Å². The Morgan fingerprint density at radius 2 is 1.83 bits per heavy atom. The molecule has 0 saturated carbocycles. The third kappa shape index (κ3) is 2.61. The fourth-order valence-corrected chi connectivity index (χ4v) is 2.90. The van der Waals surface area contributed by atoms with Gasteiger partial charge in [0.05, 0.1) is 5.69 Å². The molecule has 0 bridgehead atoms. The largest absolute Gasteiger partial charge is 0.456 e. The van der Waals surface area contributed by atoms with Crippen LogP contribution in [-0.4, -0.2) is 4.98 Å². The lowest BCUT2D eigenvalue weighted by Crippen LogP contribution is -1.95. The lowest BCUT2D eigenvalue weighted by atomic mass is 10.0. The van der Waals surface area contributed by atoms with Gasteiger partial charge >= 0.3 is 0 Å². The van der Waals surface area contributed by atoms with E-state index in [2.05, 4.69) is 11.1 Å². The van der Waals surface area contributed by atoms with Crippen molar-refractivity contribution >= 4 is 21.9 Å². The highest BCUT2D eigenvalue weighted by Crippen LogP contribution is 2.31. The van der Waals surface area contributed by atoms with E-state index < -0.39 is 6.37 Å². The Bertz CT molecular complexity index is 1070. The summed E-state index contributed by atoms with van der Waals surface area (Å²) >= 11 is 0.